The van der Waals surface area contributed by atoms with Crippen molar-refractivity contribution in [3.8, 4) is 5.88 Å². The van der Waals surface area contributed by atoms with Crippen molar-refractivity contribution in [1.29, 1.82) is 0 Å². The number of amides is 1. The Balaban J connectivity index is 1.54. The van der Waals surface area contributed by atoms with Crippen LogP contribution < -0.4 is 15.0 Å². The van der Waals surface area contributed by atoms with E-state index in [1.165, 1.54) is 12.3 Å². The van der Waals surface area contributed by atoms with Gasteiger partial charge in [-0.2, -0.15) is 5.10 Å². The molecule has 1 N–H and O–H groups in total. The van der Waals surface area contributed by atoms with Crippen molar-refractivity contribution in [2.24, 2.45) is 0 Å². The van der Waals surface area contributed by atoms with Gasteiger partial charge in [-0.1, -0.05) is 0 Å². The standard InChI is InChI=1S/C20H19FN6O2/c21-12-8-13-15-2-1-6-26(15)16-3-7-27-17(24-16)14(10-23-27)18(28)25-20(4-5-20)11-29-19(13)22-9-12/h3,7-10,15H,1-2,4-6,11H2,(H,25,28). The molecule has 1 unspecified atom stereocenters. The number of hydrogen-bond donors (Lipinski definition) is 1. The first-order chi connectivity index (χ1) is 14.1. The van der Waals surface area contributed by atoms with Crippen molar-refractivity contribution in [3.63, 3.8) is 0 Å². The van der Waals surface area contributed by atoms with Crippen LogP contribution in [0, 0.1) is 5.82 Å². The first-order valence-electron chi connectivity index (χ1n) is 9.84. The van der Waals surface area contributed by atoms with Gasteiger partial charge in [0.1, 0.15) is 23.8 Å². The van der Waals surface area contributed by atoms with Crippen LogP contribution in [0.2, 0.25) is 0 Å². The molecule has 1 atom stereocenters. The Morgan fingerprint density at radius 1 is 1.31 bits per heavy atom. The summed E-state index contributed by atoms with van der Waals surface area (Å²) in [7, 11) is 0. The van der Waals surface area contributed by atoms with Gasteiger partial charge in [0.25, 0.3) is 5.91 Å². The summed E-state index contributed by atoms with van der Waals surface area (Å²) in [5.41, 5.74) is 1.24. The molecule has 1 saturated heterocycles. The van der Waals surface area contributed by atoms with E-state index in [0.29, 0.717) is 23.7 Å². The molecule has 29 heavy (non-hydrogen) atoms. The fourth-order valence-corrected chi connectivity index (χ4v) is 4.32. The minimum absolute atomic E-state index is 0.0888. The summed E-state index contributed by atoms with van der Waals surface area (Å²) < 4.78 is 21.7. The quantitative estimate of drug-likeness (QED) is 0.630. The second kappa shape index (κ2) is 5.88. The van der Waals surface area contributed by atoms with E-state index in [1.807, 2.05) is 6.07 Å². The van der Waals surface area contributed by atoms with Crippen molar-refractivity contribution in [3.05, 3.63) is 47.7 Å². The van der Waals surface area contributed by atoms with Crippen molar-refractivity contribution in [2.75, 3.05) is 18.1 Å². The van der Waals surface area contributed by atoms with Crippen molar-refractivity contribution in [1.82, 2.24) is 24.9 Å². The van der Waals surface area contributed by atoms with E-state index in [-0.39, 0.29) is 17.8 Å². The number of nitrogens with zero attached hydrogens (tertiary/aromatic N) is 5. The first kappa shape index (κ1) is 16.7. The zero-order valence-corrected chi connectivity index (χ0v) is 15.6. The molecule has 1 saturated carbocycles. The highest BCUT2D eigenvalue weighted by Crippen LogP contribution is 2.41. The third kappa shape index (κ3) is 2.64. The van der Waals surface area contributed by atoms with Crippen molar-refractivity contribution >= 4 is 17.4 Å². The third-order valence-corrected chi connectivity index (χ3v) is 6.07. The van der Waals surface area contributed by atoms with Crippen molar-refractivity contribution in [2.45, 2.75) is 37.3 Å². The molecule has 3 aliphatic rings. The number of anilines is 1. The normalized spacial score (nSPS) is 22.3. The van der Waals surface area contributed by atoms with Crippen LogP contribution in [-0.4, -0.2) is 44.2 Å². The van der Waals surface area contributed by atoms with E-state index in [1.54, 1.807) is 16.9 Å². The maximum atomic E-state index is 14.1. The molecule has 8 nitrogen and oxygen atoms in total. The summed E-state index contributed by atoms with van der Waals surface area (Å²) in [5, 5.41) is 7.35. The van der Waals surface area contributed by atoms with Crippen LogP contribution >= 0.6 is 0 Å². The zero-order chi connectivity index (χ0) is 19.6. The van der Waals surface area contributed by atoms with Gasteiger partial charge < -0.3 is 15.0 Å². The van der Waals surface area contributed by atoms with E-state index in [4.69, 9.17) is 9.72 Å². The molecule has 1 amide bonds. The predicted molar refractivity (Wildman–Crippen MR) is 101 cm³/mol. The van der Waals surface area contributed by atoms with E-state index < -0.39 is 5.54 Å². The van der Waals surface area contributed by atoms with E-state index in [9.17, 15) is 9.18 Å². The molecular weight excluding hydrogens is 375 g/mol. The summed E-state index contributed by atoms with van der Waals surface area (Å²) in [6.45, 7) is 1.08. The lowest BCUT2D eigenvalue weighted by molar-refractivity contribution is 0.0913. The number of fused-ring (bicyclic) bond motifs is 5. The Morgan fingerprint density at radius 2 is 2.21 bits per heavy atom. The Morgan fingerprint density at radius 3 is 3.07 bits per heavy atom. The number of aromatic nitrogens is 4. The Hall–Kier alpha value is -3.23. The van der Waals surface area contributed by atoms with Crippen molar-refractivity contribution < 1.29 is 13.9 Å². The SMILES string of the molecule is O=C1NC2(CC2)COc2ncc(F)cc2C2CCCN2c2ccn3ncc1c3n2. The number of hydrogen-bond acceptors (Lipinski definition) is 6. The van der Waals surface area contributed by atoms with Crippen LogP contribution in [-0.2, 0) is 0 Å². The average Bonchev–Trinajstić information content (AvgIpc) is 3.14. The number of pyridine rings is 1. The van der Waals surface area contributed by atoms with E-state index in [2.05, 4.69) is 20.3 Å². The molecular formula is C20H19FN6O2. The number of rotatable bonds is 0. The van der Waals surface area contributed by atoms with E-state index >= 15 is 0 Å². The molecule has 1 spiro atoms. The van der Waals surface area contributed by atoms with Crippen LogP contribution in [0.5, 0.6) is 5.88 Å². The molecule has 2 bridgehead atoms. The lowest BCUT2D eigenvalue weighted by atomic mass is 10.1. The maximum absolute atomic E-state index is 14.1. The molecule has 2 aliphatic heterocycles. The van der Waals surface area contributed by atoms with E-state index in [0.717, 1.165) is 43.6 Å². The lowest BCUT2D eigenvalue weighted by Gasteiger charge is -2.27. The van der Waals surface area contributed by atoms with Crippen LogP contribution in [0.25, 0.3) is 5.65 Å². The second-order valence-electron chi connectivity index (χ2n) is 8.03. The molecule has 0 aromatic carbocycles. The van der Waals surface area contributed by atoms with Crippen LogP contribution in [0.4, 0.5) is 10.2 Å². The molecule has 0 radical (unpaired) electrons. The Bertz CT molecular complexity index is 1140. The minimum Gasteiger partial charge on any atom is -0.475 e. The highest BCUT2D eigenvalue weighted by molar-refractivity contribution is 6.00. The minimum atomic E-state index is -0.431. The molecule has 1 aliphatic carbocycles. The van der Waals surface area contributed by atoms with Crippen LogP contribution in [0.1, 0.15) is 47.6 Å². The number of ether oxygens (including phenoxy) is 1. The van der Waals surface area contributed by atoms with Gasteiger partial charge in [-0.15, -0.1) is 0 Å². The summed E-state index contributed by atoms with van der Waals surface area (Å²) in [5.74, 6) is 0.548. The van der Waals surface area contributed by atoms with Gasteiger partial charge in [-0.25, -0.2) is 18.9 Å². The van der Waals surface area contributed by atoms with Gasteiger partial charge in [0.15, 0.2) is 5.65 Å². The molecule has 6 rings (SSSR count). The smallest absolute Gasteiger partial charge is 0.257 e. The fraction of sp³-hybridized carbons (Fsp3) is 0.400. The van der Waals surface area contributed by atoms with Crippen LogP contribution in [0.3, 0.4) is 0 Å². The van der Waals surface area contributed by atoms with Gasteiger partial charge in [-0.3, -0.25) is 4.79 Å². The molecule has 148 valence electrons. The average molecular weight is 394 g/mol. The molecule has 3 aromatic rings. The molecule has 2 fully saturated rings. The van der Waals surface area contributed by atoms with Gasteiger partial charge in [0.2, 0.25) is 5.88 Å². The van der Waals surface area contributed by atoms with Gasteiger partial charge in [0.05, 0.1) is 24.0 Å². The largest absolute Gasteiger partial charge is 0.475 e. The zero-order valence-electron chi connectivity index (χ0n) is 15.6. The topological polar surface area (TPSA) is 84.7 Å². The monoisotopic (exact) mass is 394 g/mol. The molecule has 3 aromatic heterocycles. The summed E-state index contributed by atoms with van der Waals surface area (Å²) in [4.78, 5) is 24.0. The first-order valence-corrected chi connectivity index (χ1v) is 9.84. The number of halogens is 1. The van der Waals surface area contributed by atoms with Crippen LogP contribution in [0.15, 0.2) is 30.7 Å². The fourth-order valence-electron chi connectivity index (χ4n) is 4.32. The molecule has 5 heterocycles. The third-order valence-electron chi connectivity index (χ3n) is 6.07. The highest BCUT2D eigenvalue weighted by atomic mass is 19.1. The maximum Gasteiger partial charge on any atom is 0.257 e. The summed E-state index contributed by atoms with van der Waals surface area (Å²) >= 11 is 0. The lowest BCUT2D eigenvalue weighted by Crippen LogP contribution is -2.41. The summed E-state index contributed by atoms with van der Waals surface area (Å²) in [6.07, 6.45) is 7.97. The highest BCUT2D eigenvalue weighted by Gasteiger charge is 2.46. The number of nitrogens with one attached hydrogen (secondary N) is 1. The Labute approximate surface area is 165 Å². The summed E-state index contributed by atoms with van der Waals surface area (Å²) in [6, 6.07) is 3.29. The molecule has 9 heteroatoms. The number of carbonyl (C=O) groups excluding carboxylic acids is 1. The van der Waals surface area contributed by atoms with Gasteiger partial charge in [0, 0.05) is 18.3 Å². The Kier molecular flexibility index (Phi) is 3.39. The second-order valence-corrected chi connectivity index (χ2v) is 8.03. The predicted octanol–water partition coefficient (Wildman–Crippen LogP) is 2.26. The number of carbonyl (C=O) groups is 1. The van der Waals surface area contributed by atoms with Gasteiger partial charge >= 0.3 is 0 Å². The van der Waals surface area contributed by atoms with Gasteiger partial charge in [-0.05, 0) is 37.8 Å².